The van der Waals surface area contributed by atoms with Crippen LogP contribution in [0.3, 0.4) is 0 Å². The third-order valence-electron chi connectivity index (χ3n) is 2.56. The molecule has 0 aliphatic carbocycles. The average molecular weight is 235 g/mol. The number of benzene rings is 1. The van der Waals surface area contributed by atoms with E-state index in [9.17, 15) is 4.39 Å². The summed E-state index contributed by atoms with van der Waals surface area (Å²) in [5.74, 6) is 0.294. The van der Waals surface area contributed by atoms with Crippen LogP contribution in [-0.4, -0.2) is 23.9 Å². The lowest BCUT2D eigenvalue weighted by Gasteiger charge is -2.08. The van der Waals surface area contributed by atoms with E-state index in [1.54, 1.807) is 19.4 Å². The zero-order valence-electron chi connectivity index (χ0n) is 9.53. The molecule has 0 saturated carbocycles. The van der Waals surface area contributed by atoms with E-state index in [0.717, 1.165) is 11.3 Å². The number of hydrogen-bond donors (Lipinski definition) is 2. The number of nitrogens with zero attached hydrogens (tertiary/aromatic N) is 1. The average Bonchev–Trinajstić information content (AvgIpc) is 2.77. The topological polar surface area (TPSA) is 63.9 Å². The van der Waals surface area contributed by atoms with Crippen molar-refractivity contribution in [1.82, 2.24) is 10.2 Å². The number of hydrogen-bond acceptors (Lipinski definition) is 3. The van der Waals surface area contributed by atoms with Gasteiger partial charge >= 0.3 is 0 Å². The van der Waals surface area contributed by atoms with Crippen LogP contribution in [0.2, 0.25) is 0 Å². The van der Waals surface area contributed by atoms with Crippen LogP contribution in [-0.2, 0) is 6.42 Å². The minimum absolute atomic E-state index is 0.311. The van der Waals surface area contributed by atoms with E-state index in [-0.39, 0.29) is 5.82 Å². The summed E-state index contributed by atoms with van der Waals surface area (Å²) in [7, 11) is 1.55. The van der Waals surface area contributed by atoms with E-state index in [0.29, 0.717) is 24.3 Å². The van der Waals surface area contributed by atoms with Gasteiger partial charge in [-0.25, -0.2) is 4.39 Å². The van der Waals surface area contributed by atoms with E-state index < -0.39 is 0 Å². The molecule has 2 rings (SSSR count). The molecule has 0 saturated heterocycles. The van der Waals surface area contributed by atoms with Crippen LogP contribution < -0.4 is 10.5 Å². The Morgan fingerprint density at radius 2 is 2.29 bits per heavy atom. The summed E-state index contributed by atoms with van der Waals surface area (Å²) in [6, 6.07) is 4.38. The van der Waals surface area contributed by atoms with Crippen molar-refractivity contribution in [2.75, 3.05) is 13.7 Å². The fraction of sp³-hybridized carbons (Fsp3) is 0.250. The first-order valence-corrected chi connectivity index (χ1v) is 5.32. The number of nitrogens with one attached hydrogen (secondary N) is 1. The second kappa shape index (κ2) is 4.97. The predicted molar refractivity (Wildman–Crippen MR) is 63.3 cm³/mol. The summed E-state index contributed by atoms with van der Waals surface area (Å²) in [4.78, 5) is 0. The number of aromatic nitrogens is 2. The fourth-order valence-electron chi connectivity index (χ4n) is 1.76. The number of rotatable bonds is 4. The number of H-pyrrole nitrogens is 1. The molecule has 0 aliphatic rings. The Morgan fingerprint density at radius 1 is 1.47 bits per heavy atom. The lowest BCUT2D eigenvalue weighted by atomic mass is 10.0. The highest BCUT2D eigenvalue weighted by atomic mass is 19.1. The van der Waals surface area contributed by atoms with Gasteiger partial charge in [-0.1, -0.05) is 0 Å². The summed E-state index contributed by atoms with van der Waals surface area (Å²) < 4.78 is 18.5. The molecule has 2 aromatic rings. The van der Waals surface area contributed by atoms with Crippen LogP contribution in [0.1, 0.15) is 5.56 Å². The van der Waals surface area contributed by atoms with E-state index in [1.807, 2.05) is 0 Å². The standard InChI is InChI=1S/C12H14FN3O/c1-17-11-3-2-9(13)6-10(11)12-8(4-5-14)7-15-16-12/h2-3,6-7H,4-5,14H2,1H3,(H,15,16). The Balaban J connectivity index is 2.51. The van der Waals surface area contributed by atoms with Crippen LogP contribution in [0, 0.1) is 5.82 Å². The van der Waals surface area contributed by atoms with Gasteiger partial charge in [-0.05, 0) is 36.7 Å². The molecule has 0 fully saturated rings. The highest BCUT2D eigenvalue weighted by Crippen LogP contribution is 2.31. The van der Waals surface area contributed by atoms with Crippen LogP contribution in [0.5, 0.6) is 5.75 Å². The molecule has 0 amide bonds. The Kier molecular flexibility index (Phi) is 3.39. The molecule has 1 aromatic carbocycles. The van der Waals surface area contributed by atoms with Gasteiger partial charge in [0.05, 0.1) is 19.0 Å². The van der Waals surface area contributed by atoms with Gasteiger partial charge in [0, 0.05) is 5.56 Å². The first kappa shape index (κ1) is 11.6. The summed E-state index contributed by atoms with van der Waals surface area (Å²) in [5.41, 5.74) is 7.89. The molecular formula is C12H14FN3O. The van der Waals surface area contributed by atoms with E-state index >= 15 is 0 Å². The first-order valence-electron chi connectivity index (χ1n) is 5.32. The van der Waals surface area contributed by atoms with E-state index in [2.05, 4.69) is 10.2 Å². The second-order valence-corrected chi connectivity index (χ2v) is 3.65. The lowest BCUT2D eigenvalue weighted by Crippen LogP contribution is -2.03. The zero-order chi connectivity index (χ0) is 12.3. The Labute approximate surface area is 98.6 Å². The number of aromatic amines is 1. The second-order valence-electron chi connectivity index (χ2n) is 3.65. The first-order chi connectivity index (χ1) is 8.26. The minimum Gasteiger partial charge on any atom is -0.496 e. The highest BCUT2D eigenvalue weighted by molar-refractivity contribution is 5.69. The maximum atomic E-state index is 13.3. The molecule has 0 unspecified atom stereocenters. The molecule has 0 aliphatic heterocycles. The molecular weight excluding hydrogens is 221 g/mol. The summed E-state index contributed by atoms with van der Waals surface area (Å²) in [6.07, 6.45) is 2.39. The highest BCUT2D eigenvalue weighted by Gasteiger charge is 2.13. The van der Waals surface area contributed by atoms with Gasteiger partial charge in [-0.2, -0.15) is 5.10 Å². The normalized spacial score (nSPS) is 10.5. The molecule has 1 heterocycles. The van der Waals surface area contributed by atoms with Gasteiger partial charge in [0.2, 0.25) is 0 Å². The summed E-state index contributed by atoms with van der Waals surface area (Å²) >= 11 is 0. The quantitative estimate of drug-likeness (QED) is 0.848. The van der Waals surface area contributed by atoms with Crippen molar-refractivity contribution >= 4 is 0 Å². The SMILES string of the molecule is COc1ccc(F)cc1-c1[nH]ncc1CCN. The number of halogens is 1. The fourth-order valence-corrected chi connectivity index (χ4v) is 1.76. The van der Waals surface area contributed by atoms with Crippen LogP contribution >= 0.6 is 0 Å². The van der Waals surface area contributed by atoms with Crippen molar-refractivity contribution in [3.63, 3.8) is 0 Å². The zero-order valence-corrected chi connectivity index (χ0v) is 9.53. The maximum Gasteiger partial charge on any atom is 0.128 e. The van der Waals surface area contributed by atoms with Crippen molar-refractivity contribution in [2.45, 2.75) is 6.42 Å². The molecule has 0 atom stereocenters. The molecule has 4 nitrogen and oxygen atoms in total. The predicted octanol–water partition coefficient (Wildman–Crippen LogP) is 1.73. The molecule has 5 heteroatoms. The van der Waals surface area contributed by atoms with Crippen molar-refractivity contribution in [2.24, 2.45) is 5.73 Å². The van der Waals surface area contributed by atoms with Crippen LogP contribution in [0.25, 0.3) is 11.3 Å². The maximum absolute atomic E-state index is 13.3. The Morgan fingerprint density at radius 3 is 3.00 bits per heavy atom. The smallest absolute Gasteiger partial charge is 0.128 e. The number of ether oxygens (including phenoxy) is 1. The molecule has 0 radical (unpaired) electrons. The Bertz CT molecular complexity index is 510. The van der Waals surface area contributed by atoms with Gasteiger partial charge in [-0.15, -0.1) is 0 Å². The third kappa shape index (κ3) is 2.29. The molecule has 17 heavy (non-hydrogen) atoms. The van der Waals surface area contributed by atoms with Crippen LogP contribution in [0.4, 0.5) is 4.39 Å². The van der Waals surface area contributed by atoms with E-state index in [4.69, 9.17) is 10.5 Å². The summed E-state index contributed by atoms with van der Waals surface area (Å²) in [5, 5.41) is 6.82. The van der Waals surface area contributed by atoms with Gasteiger partial charge in [0.25, 0.3) is 0 Å². The Hall–Kier alpha value is -1.88. The molecule has 3 N–H and O–H groups in total. The number of methoxy groups -OCH3 is 1. The van der Waals surface area contributed by atoms with Crippen molar-refractivity contribution in [3.05, 3.63) is 35.8 Å². The van der Waals surface area contributed by atoms with Crippen molar-refractivity contribution < 1.29 is 9.13 Å². The van der Waals surface area contributed by atoms with E-state index in [1.165, 1.54) is 12.1 Å². The van der Waals surface area contributed by atoms with Crippen LogP contribution in [0.15, 0.2) is 24.4 Å². The van der Waals surface area contributed by atoms with Gasteiger partial charge in [0.1, 0.15) is 11.6 Å². The minimum atomic E-state index is -0.311. The lowest BCUT2D eigenvalue weighted by molar-refractivity contribution is 0.415. The van der Waals surface area contributed by atoms with Gasteiger partial charge in [-0.3, -0.25) is 5.10 Å². The third-order valence-corrected chi connectivity index (χ3v) is 2.56. The molecule has 0 spiro atoms. The van der Waals surface area contributed by atoms with Gasteiger partial charge < -0.3 is 10.5 Å². The molecule has 0 bridgehead atoms. The largest absolute Gasteiger partial charge is 0.496 e. The van der Waals surface area contributed by atoms with Crippen molar-refractivity contribution in [3.8, 4) is 17.0 Å². The van der Waals surface area contributed by atoms with Crippen molar-refractivity contribution in [1.29, 1.82) is 0 Å². The summed E-state index contributed by atoms with van der Waals surface area (Å²) in [6.45, 7) is 0.518. The number of nitrogens with two attached hydrogens (primary N) is 1. The molecule has 90 valence electrons. The molecule has 1 aromatic heterocycles. The monoisotopic (exact) mass is 235 g/mol. The van der Waals surface area contributed by atoms with Gasteiger partial charge in [0.15, 0.2) is 0 Å².